The predicted molar refractivity (Wildman–Crippen MR) is 88.7 cm³/mol. The Bertz CT molecular complexity index is 230. The minimum absolute atomic E-state index is 0.254. The highest BCUT2D eigenvalue weighted by Gasteiger charge is 2.15. The summed E-state index contributed by atoms with van der Waals surface area (Å²) in [6.45, 7) is 3.10. The number of hydrogen-bond acceptors (Lipinski definition) is 3. The number of carbonyl (C=O) groups excluding carboxylic acids is 1. The van der Waals surface area contributed by atoms with E-state index in [1.54, 1.807) is 0 Å². The molecule has 2 nitrogen and oxygen atoms in total. The van der Waals surface area contributed by atoms with Crippen LogP contribution in [0, 0.1) is 0 Å². The van der Waals surface area contributed by atoms with E-state index in [0.717, 1.165) is 31.1 Å². The molecule has 1 aliphatic rings. The van der Waals surface area contributed by atoms with Gasteiger partial charge in [0.1, 0.15) is 0 Å². The minimum Gasteiger partial charge on any atom is -0.356 e. The monoisotopic (exact) mass is 303 g/mol. The van der Waals surface area contributed by atoms with E-state index in [2.05, 4.69) is 12.2 Å². The van der Waals surface area contributed by atoms with Gasteiger partial charge in [0.25, 0.3) is 0 Å². The SMILES string of the molecule is CCCCCCCNC(=O)CCCCC1CCSS1. The van der Waals surface area contributed by atoms with Gasteiger partial charge in [-0.2, -0.15) is 0 Å². The Hall–Kier alpha value is 0.170. The summed E-state index contributed by atoms with van der Waals surface area (Å²) in [4.78, 5) is 11.6. The van der Waals surface area contributed by atoms with Gasteiger partial charge >= 0.3 is 0 Å². The molecule has 0 aromatic carbocycles. The van der Waals surface area contributed by atoms with Crippen molar-refractivity contribution >= 4 is 27.5 Å². The third kappa shape index (κ3) is 9.67. The molecule has 19 heavy (non-hydrogen) atoms. The smallest absolute Gasteiger partial charge is 0.219 e. The molecule has 1 heterocycles. The molecular formula is C15H29NOS2. The molecule has 1 rings (SSSR count). The molecule has 1 N–H and O–H groups in total. The zero-order valence-corrected chi connectivity index (χ0v) is 13.9. The first-order chi connectivity index (χ1) is 9.33. The zero-order valence-electron chi connectivity index (χ0n) is 12.3. The van der Waals surface area contributed by atoms with Crippen molar-refractivity contribution in [3.8, 4) is 0 Å². The fraction of sp³-hybridized carbons (Fsp3) is 0.933. The Kier molecular flexibility index (Phi) is 10.8. The molecule has 1 aliphatic heterocycles. The Morgan fingerprint density at radius 3 is 2.74 bits per heavy atom. The Balaban J connectivity index is 1.82. The van der Waals surface area contributed by atoms with Gasteiger partial charge < -0.3 is 5.32 Å². The van der Waals surface area contributed by atoms with Gasteiger partial charge in [0.2, 0.25) is 5.91 Å². The van der Waals surface area contributed by atoms with Crippen molar-refractivity contribution < 1.29 is 4.79 Å². The molecule has 0 bridgehead atoms. The molecular weight excluding hydrogens is 274 g/mol. The molecule has 0 saturated carbocycles. The van der Waals surface area contributed by atoms with E-state index in [-0.39, 0.29) is 5.91 Å². The van der Waals surface area contributed by atoms with E-state index in [9.17, 15) is 4.79 Å². The van der Waals surface area contributed by atoms with Gasteiger partial charge in [-0.25, -0.2) is 0 Å². The zero-order chi connectivity index (χ0) is 13.8. The van der Waals surface area contributed by atoms with Gasteiger partial charge in [-0.05, 0) is 25.7 Å². The second-order valence-corrected chi connectivity index (χ2v) is 8.13. The highest BCUT2D eigenvalue weighted by atomic mass is 33.1. The molecule has 0 aromatic heterocycles. The van der Waals surface area contributed by atoms with Crippen LogP contribution < -0.4 is 5.32 Å². The van der Waals surface area contributed by atoms with Crippen molar-refractivity contribution in [2.45, 2.75) is 76.4 Å². The number of amides is 1. The molecule has 1 unspecified atom stereocenters. The van der Waals surface area contributed by atoms with E-state index in [1.165, 1.54) is 50.7 Å². The van der Waals surface area contributed by atoms with Crippen LogP contribution in [0.4, 0.5) is 0 Å². The van der Waals surface area contributed by atoms with Gasteiger partial charge in [-0.3, -0.25) is 4.79 Å². The Morgan fingerprint density at radius 2 is 2.00 bits per heavy atom. The summed E-state index contributed by atoms with van der Waals surface area (Å²) in [5.74, 6) is 1.57. The summed E-state index contributed by atoms with van der Waals surface area (Å²) in [5.41, 5.74) is 0. The van der Waals surface area contributed by atoms with Crippen molar-refractivity contribution in [2.75, 3.05) is 12.3 Å². The normalized spacial score (nSPS) is 18.7. The number of rotatable bonds is 11. The maximum Gasteiger partial charge on any atom is 0.219 e. The van der Waals surface area contributed by atoms with E-state index < -0.39 is 0 Å². The maximum atomic E-state index is 11.6. The quantitative estimate of drug-likeness (QED) is 0.439. The highest BCUT2D eigenvalue weighted by Crippen LogP contribution is 2.39. The summed E-state index contributed by atoms with van der Waals surface area (Å²) < 4.78 is 0. The molecule has 4 heteroatoms. The molecule has 1 fully saturated rings. The molecule has 112 valence electrons. The van der Waals surface area contributed by atoms with Crippen LogP contribution in [0.1, 0.15) is 71.1 Å². The second kappa shape index (κ2) is 12.0. The van der Waals surface area contributed by atoms with Crippen molar-refractivity contribution in [3.05, 3.63) is 0 Å². The number of nitrogens with one attached hydrogen (secondary N) is 1. The van der Waals surface area contributed by atoms with Crippen molar-refractivity contribution in [2.24, 2.45) is 0 Å². The lowest BCUT2D eigenvalue weighted by Crippen LogP contribution is -2.24. The summed E-state index contributed by atoms with van der Waals surface area (Å²) in [7, 11) is 4.04. The summed E-state index contributed by atoms with van der Waals surface area (Å²) in [6, 6.07) is 0. The number of carbonyl (C=O) groups is 1. The molecule has 1 amide bonds. The van der Waals surface area contributed by atoms with E-state index in [0.29, 0.717) is 0 Å². The largest absolute Gasteiger partial charge is 0.356 e. The van der Waals surface area contributed by atoms with Crippen LogP contribution in [-0.4, -0.2) is 23.5 Å². The van der Waals surface area contributed by atoms with Gasteiger partial charge in [0.15, 0.2) is 0 Å². The van der Waals surface area contributed by atoms with Crippen LogP contribution in [0.3, 0.4) is 0 Å². The van der Waals surface area contributed by atoms with Crippen LogP contribution in [0.2, 0.25) is 0 Å². The first kappa shape index (κ1) is 17.2. The van der Waals surface area contributed by atoms with Crippen molar-refractivity contribution in [3.63, 3.8) is 0 Å². The minimum atomic E-state index is 0.254. The van der Waals surface area contributed by atoms with E-state index >= 15 is 0 Å². The lowest BCUT2D eigenvalue weighted by molar-refractivity contribution is -0.121. The van der Waals surface area contributed by atoms with E-state index in [1.807, 2.05) is 21.6 Å². The fourth-order valence-corrected chi connectivity index (χ4v) is 5.29. The molecule has 0 spiro atoms. The third-order valence-electron chi connectivity index (χ3n) is 3.51. The molecule has 1 atom stereocenters. The lowest BCUT2D eigenvalue weighted by Gasteiger charge is -2.07. The number of hydrogen-bond donors (Lipinski definition) is 1. The standard InChI is InChI=1S/C15H29NOS2/c1-2-3-4-5-8-12-16-15(17)10-7-6-9-14-11-13-18-19-14/h14H,2-13H2,1H3,(H,16,17). The van der Waals surface area contributed by atoms with Crippen molar-refractivity contribution in [1.82, 2.24) is 5.32 Å². The van der Waals surface area contributed by atoms with Crippen LogP contribution >= 0.6 is 21.6 Å². The van der Waals surface area contributed by atoms with Gasteiger partial charge in [-0.1, -0.05) is 60.6 Å². The number of unbranched alkanes of at least 4 members (excludes halogenated alkanes) is 5. The first-order valence-corrected chi connectivity index (χ1v) is 10.3. The molecule has 0 radical (unpaired) electrons. The van der Waals surface area contributed by atoms with Crippen LogP contribution in [0.5, 0.6) is 0 Å². The maximum absolute atomic E-state index is 11.6. The predicted octanol–water partition coefficient (Wildman–Crippen LogP) is 4.79. The molecule has 1 saturated heterocycles. The van der Waals surface area contributed by atoms with Crippen LogP contribution in [0.25, 0.3) is 0 Å². The third-order valence-corrected chi connectivity index (χ3v) is 6.52. The summed E-state index contributed by atoms with van der Waals surface area (Å²) in [5, 5.41) is 3.89. The van der Waals surface area contributed by atoms with Gasteiger partial charge in [-0.15, -0.1) is 0 Å². The molecule has 0 aromatic rings. The second-order valence-electron chi connectivity index (χ2n) is 5.34. The average molecular weight is 304 g/mol. The molecule has 0 aliphatic carbocycles. The van der Waals surface area contributed by atoms with E-state index in [4.69, 9.17) is 0 Å². The van der Waals surface area contributed by atoms with Crippen LogP contribution in [0.15, 0.2) is 0 Å². The van der Waals surface area contributed by atoms with Gasteiger partial charge in [0.05, 0.1) is 0 Å². The summed E-state index contributed by atoms with van der Waals surface area (Å²) in [6.07, 6.45) is 12.0. The van der Waals surface area contributed by atoms with Crippen LogP contribution in [-0.2, 0) is 4.79 Å². The average Bonchev–Trinajstić information content (AvgIpc) is 2.92. The fourth-order valence-electron chi connectivity index (χ4n) is 2.27. The topological polar surface area (TPSA) is 29.1 Å². The first-order valence-electron chi connectivity index (χ1n) is 7.88. The van der Waals surface area contributed by atoms with Gasteiger partial charge in [0, 0.05) is 24.0 Å². The Labute approximate surface area is 126 Å². The summed E-state index contributed by atoms with van der Waals surface area (Å²) >= 11 is 0. The highest BCUT2D eigenvalue weighted by molar-refractivity contribution is 8.77. The lowest BCUT2D eigenvalue weighted by atomic mass is 10.1. The van der Waals surface area contributed by atoms with Crippen molar-refractivity contribution in [1.29, 1.82) is 0 Å². The Morgan fingerprint density at radius 1 is 1.16 bits per heavy atom.